The molecule has 3 aromatic heterocycles. The van der Waals surface area contributed by atoms with Crippen LogP contribution in [-0.4, -0.2) is 0 Å². The normalized spacial score (nSPS) is 13.2. The first-order valence-corrected chi connectivity index (χ1v) is 21.7. The van der Waals surface area contributed by atoms with Gasteiger partial charge in [0, 0.05) is 58.7 Å². The SMILES string of the molecule is CC1(C)c2ccccc2-c2ccc(N(c3ccc(-c4ccc5c(c4)sc4ccccc45)cc3)c3cccc4oc5cc6c(cc5c34)oc3c(-c4ccccc4)cccc36)cc21. The zero-order chi connectivity index (χ0) is 40.4. The van der Waals surface area contributed by atoms with E-state index in [1.165, 1.54) is 53.6 Å². The average Bonchev–Trinajstić information content (AvgIpc) is 4.04. The van der Waals surface area contributed by atoms with Gasteiger partial charge in [-0.05, 0) is 99.6 Å². The molecule has 9 aromatic carbocycles. The Morgan fingerprint density at radius 3 is 2.00 bits per heavy atom. The van der Waals surface area contributed by atoms with Crippen LogP contribution < -0.4 is 4.90 Å². The van der Waals surface area contributed by atoms with E-state index in [0.717, 1.165) is 72.1 Å². The predicted octanol–water partition coefficient (Wildman–Crippen LogP) is 17.0. The number of rotatable bonds is 5. The summed E-state index contributed by atoms with van der Waals surface area (Å²) in [5, 5.41) is 6.82. The van der Waals surface area contributed by atoms with Crippen LogP contribution in [0.3, 0.4) is 0 Å². The second-order valence-electron chi connectivity index (χ2n) is 16.8. The topological polar surface area (TPSA) is 29.5 Å². The molecule has 288 valence electrons. The summed E-state index contributed by atoms with van der Waals surface area (Å²) in [7, 11) is 0. The fourth-order valence-corrected chi connectivity index (χ4v) is 11.2. The molecule has 3 heterocycles. The van der Waals surface area contributed by atoms with Crippen LogP contribution in [0.15, 0.2) is 197 Å². The molecule has 0 N–H and O–H groups in total. The van der Waals surface area contributed by atoms with Crippen molar-refractivity contribution < 1.29 is 8.83 Å². The molecule has 1 aliphatic carbocycles. The van der Waals surface area contributed by atoms with E-state index in [1.807, 2.05) is 17.4 Å². The Labute approximate surface area is 356 Å². The maximum Gasteiger partial charge on any atom is 0.143 e. The maximum absolute atomic E-state index is 6.78. The molecule has 3 nitrogen and oxygen atoms in total. The number of hydrogen-bond acceptors (Lipinski definition) is 4. The van der Waals surface area contributed by atoms with Crippen molar-refractivity contribution >= 4 is 92.4 Å². The first kappa shape index (κ1) is 34.5. The van der Waals surface area contributed by atoms with Gasteiger partial charge in [0.1, 0.15) is 22.3 Å². The lowest BCUT2D eigenvalue weighted by Gasteiger charge is -2.28. The maximum atomic E-state index is 6.78. The number of para-hydroxylation sites is 1. The van der Waals surface area contributed by atoms with E-state index in [1.54, 1.807) is 0 Å². The van der Waals surface area contributed by atoms with Crippen molar-refractivity contribution in [3.8, 4) is 33.4 Å². The smallest absolute Gasteiger partial charge is 0.143 e. The summed E-state index contributed by atoms with van der Waals surface area (Å²) in [5.74, 6) is 0. The number of hydrogen-bond donors (Lipinski definition) is 0. The molecule has 0 atom stereocenters. The Morgan fingerprint density at radius 1 is 0.410 bits per heavy atom. The van der Waals surface area contributed by atoms with Crippen LogP contribution in [0.25, 0.3) is 97.4 Å². The minimum absolute atomic E-state index is 0.150. The van der Waals surface area contributed by atoms with Crippen LogP contribution in [0.5, 0.6) is 0 Å². The molecule has 0 saturated carbocycles. The predicted molar refractivity (Wildman–Crippen MR) is 257 cm³/mol. The molecular weight excluding hydrogens is 763 g/mol. The molecule has 0 amide bonds. The third-order valence-electron chi connectivity index (χ3n) is 13.1. The van der Waals surface area contributed by atoms with Crippen molar-refractivity contribution in [2.75, 3.05) is 4.90 Å². The summed E-state index contributed by atoms with van der Waals surface area (Å²) in [4.78, 5) is 2.41. The molecule has 13 rings (SSSR count). The molecule has 12 aromatic rings. The summed E-state index contributed by atoms with van der Waals surface area (Å²) in [6.07, 6.45) is 0. The third kappa shape index (κ3) is 5.09. The molecule has 1 aliphatic rings. The van der Waals surface area contributed by atoms with E-state index in [9.17, 15) is 0 Å². The quantitative estimate of drug-likeness (QED) is 0.174. The van der Waals surface area contributed by atoms with Crippen molar-refractivity contribution in [1.29, 1.82) is 0 Å². The van der Waals surface area contributed by atoms with Crippen LogP contribution in [-0.2, 0) is 5.41 Å². The number of fused-ring (bicyclic) bond motifs is 12. The van der Waals surface area contributed by atoms with Crippen LogP contribution >= 0.6 is 11.3 Å². The van der Waals surface area contributed by atoms with Gasteiger partial charge >= 0.3 is 0 Å². The summed E-state index contributed by atoms with van der Waals surface area (Å²) >= 11 is 1.86. The standard InChI is InChI=1S/C57H37NO2S/c1-57(2)47-18-8-6-14-40(47)41-29-27-38(31-48(41)57)58(37-25-22-34(23-26-37)36-24-28-43-42-15-7-9-21-53(42)61-54(43)30-36)49-19-11-20-50-55(49)46-33-51-45(32-52(46)59-50)44-17-10-16-39(56(44)60-51)35-12-4-3-5-13-35/h3-33H,1-2H3. The van der Waals surface area contributed by atoms with Gasteiger partial charge < -0.3 is 13.7 Å². The summed E-state index contributed by atoms with van der Waals surface area (Å²) in [5.41, 5.74) is 16.4. The van der Waals surface area contributed by atoms with E-state index in [2.05, 4.69) is 201 Å². The van der Waals surface area contributed by atoms with Gasteiger partial charge in [-0.15, -0.1) is 11.3 Å². The van der Waals surface area contributed by atoms with Crippen molar-refractivity contribution in [1.82, 2.24) is 0 Å². The van der Waals surface area contributed by atoms with E-state index in [4.69, 9.17) is 8.83 Å². The summed E-state index contributed by atoms with van der Waals surface area (Å²) < 4.78 is 16.2. The Balaban J connectivity index is 1.00. The van der Waals surface area contributed by atoms with Crippen LogP contribution in [0.1, 0.15) is 25.0 Å². The fourth-order valence-electron chi connectivity index (χ4n) is 10.1. The van der Waals surface area contributed by atoms with Crippen molar-refractivity contribution in [2.24, 2.45) is 0 Å². The van der Waals surface area contributed by atoms with Gasteiger partial charge in [0.25, 0.3) is 0 Å². The molecular formula is C57H37NO2S. The highest BCUT2D eigenvalue weighted by molar-refractivity contribution is 7.25. The third-order valence-corrected chi connectivity index (χ3v) is 14.2. The first-order chi connectivity index (χ1) is 30.0. The van der Waals surface area contributed by atoms with Gasteiger partial charge in [0.2, 0.25) is 0 Å². The first-order valence-electron chi connectivity index (χ1n) is 20.9. The van der Waals surface area contributed by atoms with Gasteiger partial charge in [-0.1, -0.05) is 141 Å². The van der Waals surface area contributed by atoms with Crippen molar-refractivity contribution in [2.45, 2.75) is 19.3 Å². The lowest BCUT2D eigenvalue weighted by molar-refractivity contribution is 0.660. The zero-order valence-corrected chi connectivity index (χ0v) is 34.4. The number of anilines is 3. The molecule has 61 heavy (non-hydrogen) atoms. The molecule has 0 unspecified atom stereocenters. The number of thiophene rings is 1. The van der Waals surface area contributed by atoms with E-state index in [-0.39, 0.29) is 5.41 Å². The molecule has 0 bridgehead atoms. The van der Waals surface area contributed by atoms with Gasteiger partial charge in [-0.3, -0.25) is 0 Å². The highest BCUT2D eigenvalue weighted by Crippen LogP contribution is 2.52. The molecule has 0 spiro atoms. The van der Waals surface area contributed by atoms with E-state index >= 15 is 0 Å². The lowest BCUT2D eigenvalue weighted by atomic mass is 9.82. The highest BCUT2D eigenvalue weighted by atomic mass is 32.1. The Hall–Kier alpha value is -7.40. The minimum Gasteiger partial charge on any atom is -0.456 e. The lowest BCUT2D eigenvalue weighted by Crippen LogP contribution is -2.16. The Kier molecular flexibility index (Phi) is 7.23. The van der Waals surface area contributed by atoms with Gasteiger partial charge in [0.15, 0.2) is 0 Å². The number of nitrogens with zero attached hydrogens (tertiary/aromatic N) is 1. The van der Waals surface area contributed by atoms with Crippen LogP contribution in [0.2, 0.25) is 0 Å². The second-order valence-corrected chi connectivity index (χ2v) is 17.9. The fraction of sp³-hybridized carbons (Fsp3) is 0.0526. The average molecular weight is 800 g/mol. The van der Waals surface area contributed by atoms with Crippen LogP contribution in [0, 0.1) is 0 Å². The molecule has 0 saturated heterocycles. The monoisotopic (exact) mass is 799 g/mol. The van der Waals surface area contributed by atoms with Crippen molar-refractivity contribution in [3.63, 3.8) is 0 Å². The Bertz CT molecular complexity index is 3740. The summed E-state index contributed by atoms with van der Waals surface area (Å²) in [6, 6.07) is 68.1. The zero-order valence-electron chi connectivity index (χ0n) is 33.6. The van der Waals surface area contributed by atoms with Gasteiger partial charge in [-0.2, -0.15) is 0 Å². The van der Waals surface area contributed by atoms with E-state index < -0.39 is 0 Å². The molecule has 0 radical (unpaired) electrons. The second kappa shape index (κ2) is 12.8. The van der Waals surface area contributed by atoms with Gasteiger partial charge in [-0.25, -0.2) is 0 Å². The number of furan rings is 2. The Morgan fingerprint density at radius 2 is 1.10 bits per heavy atom. The molecule has 0 fully saturated rings. The van der Waals surface area contributed by atoms with Gasteiger partial charge in [0.05, 0.1) is 11.1 Å². The minimum atomic E-state index is -0.150. The number of benzene rings is 9. The van der Waals surface area contributed by atoms with E-state index in [0.29, 0.717) is 0 Å². The largest absolute Gasteiger partial charge is 0.456 e. The highest BCUT2D eigenvalue weighted by Gasteiger charge is 2.36. The van der Waals surface area contributed by atoms with Crippen LogP contribution in [0.4, 0.5) is 17.1 Å². The molecule has 0 aliphatic heterocycles. The van der Waals surface area contributed by atoms with Crippen molar-refractivity contribution in [3.05, 3.63) is 199 Å². The summed E-state index contributed by atoms with van der Waals surface area (Å²) in [6.45, 7) is 4.69. The molecule has 4 heteroatoms.